The average Bonchev–Trinajstić information content (AvgIpc) is 3.12. The van der Waals surface area contributed by atoms with E-state index in [0.29, 0.717) is 31.1 Å². The molecular weight excluding hydrogens is 470 g/mol. The summed E-state index contributed by atoms with van der Waals surface area (Å²) in [5.41, 5.74) is 0.351. The lowest BCUT2D eigenvalue weighted by molar-refractivity contribution is -0.386. The molecule has 5 rings (SSSR count). The first-order valence-corrected chi connectivity index (χ1v) is 11.7. The number of imide groups is 1. The standard InChI is InChI=1S/C24H25N5O7/c1-36-17-4-2-14(3-5-17)11-28-22(31)18(25-24(28)33)9-21(30)26-10-15-8-16(13-26)19-6-7-20(29(34)35)23(32)27(19)12-15/h2-7,15-16,18H,8-13H2,1H3,(H,25,33)/t15-,16+,18+/m1/s1. The number of pyridine rings is 1. The molecule has 1 aromatic carbocycles. The number of nitro groups is 1. The summed E-state index contributed by atoms with van der Waals surface area (Å²) < 4.78 is 6.58. The zero-order chi connectivity index (χ0) is 25.6. The van der Waals surface area contributed by atoms with Gasteiger partial charge < -0.3 is 19.5 Å². The number of carbonyl (C=O) groups is 3. The van der Waals surface area contributed by atoms with E-state index in [1.165, 1.54) is 10.6 Å². The van der Waals surface area contributed by atoms with Crippen LogP contribution in [0, 0.1) is 16.0 Å². The van der Waals surface area contributed by atoms with E-state index in [9.17, 15) is 29.3 Å². The highest BCUT2D eigenvalue weighted by Gasteiger charge is 2.42. The third-order valence-electron chi connectivity index (χ3n) is 7.12. The molecule has 188 valence electrons. The van der Waals surface area contributed by atoms with Crippen molar-refractivity contribution in [3.05, 3.63) is 68.1 Å². The van der Waals surface area contributed by atoms with Gasteiger partial charge in [0, 0.05) is 37.3 Å². The third kappa shape index (κ3) is 4.18. The Morgan fingerprint density at radius 1 is 1.11 bits per heavy atom. The first kappa shape index (κ1) is 23.5. The SMILES string of the molecule is COc1ccc(CN2C(=O)N[C@@H](CC(=O)N3C[C@H]4C[C@@H](C3)c3ccc([N+](=O)[O-])c(=O)n3C4)C2=O)cc1. The number of hydrogen-bond donors (Lipinski definition) is 1. The van der Waals surface area contributed by atoms with Crippen molar-refractivity contribution in [3.8, 4) is 5.75 Å². The number of carbonyl (C=O) groups excluding carboxylic acids is 3. The van der Waals surface area contributed by atoms with Crippen LogP contribution < -0.4 is 15.6 Å². The quantitative estimate of drug-likeness (QED) is 0.360. The minimum Gasteiger partial charge on any atom is -0.497 e. The van der Waals surface area contributed by atoms with Crippen LogP contribution in [0.25, 0.3) is 0 Å². The Labute approximate surface area is 205 Å². The van der Waals surface area contributed by atoms with E-state index in [2.05, 4.69) is 5.32 Å². The van der Waals surface area contributed by atoms with E-state index in [0.717, 1.165) is 16.9 Å². The highest BCUT2D eigenvalue weighted by atomic mass is 16.6. The number of likely N-dealkylation sites (tertiary alicyclic amines) is 1. The van der Waals surface area contributed by atoms with Gasteiger partial charge in [-0.1, -0.05) is 12.1 Å². The number of hydrogen-bond acceptors (Lipinski definition) is 7. The van der Waals surface area contributed by atoms with Gasteiger partial charge >= 0.3 is 17.3 Å². The van der Waals surface area contributed by atoms with Crippen LogP contribution in [0.3, 0.4) is 0 Å². The van der Waals surface area contributed by atoms with Gasteiger partial charge in [0.2, 0.25) is 5.91 Å². The Kier molecular flexibility index (Phi) is 5.94. The Morgan fingerprint density at radius 3 is 2.56 bits per heavy atom. The van der Waals surface area contributed by atoms with Crippen LogP contribution in [0.5, 0.6) is 5.75 Å². The molecule has 1 N–H and O–H groups in total. The summed E-state index contributed by atoms with van der Waals surface area (Å²) in [4.78, 5) is 64.2. The first-order chi connectivity index (χ1) is 17.2. The van der Waals surface area contributed by atoms with Crippen LogP contribution >= 0.6 is 0 Å². The Balaban J connectivity index is 1.25. The molecule has 0 unspecified atom stereocenters. The molecule has 2 fully saturated rings. The van der Waals surface area contributed by atoms with Crippen molar-refractivity contribution in [1.29, 1.82) is 0 Å². The smallest absolute Gasteiger partial charge is 0.334 e. The minimum atomic E-state index is -0.942. The fraction of sp³-hybridized carbons (Fsp3) is 0.417. The molecule has 3 aliphatic rings. The molecule has 0 saturated carbocycles. The van der Waals surface area contributed by atoms with Gasteiger partial charge in [-0.2, -0.15) is 0 Å². The van der Waals surface area contributed by atoms with E-state index < -0.39 is 34.2 Å². The van der Waals surface area contributed by atoms with Crippen LogP contribution in [0.1, 0.15) is 30.0 Å². The Bertz CT molecular complexity index is 1300. The third-order valence-corrected chi connectivity index (χ3v) is 7.12. The topological polar surface area (TPSA) is 144 Å². The summed E-state index contributed by atoms with van der Waals surface area (Å²) in [5, 5.41) is 13.7. The molecule has 3 aliphatic heterocycles. The number of ether oxygens (including phenoxy) is 1. The van der Waals surface area contributed by atoms with Crippen molar-refractivity contribution in [2.75, 3.05) is 20.2 Å². The van der Waals surface area contributed by atoms with Crippen LogP contribution in [0.15, 0.2) is 41.2 Å². The maximum absolute atomic E-state index is 13.1. The highest BCUT2D eigenvalue weighted by Crippen LogP contribution is 2.36. The maximum atomic E-state index is 13.1. The molecule has 2 saturated heterocycles. The zero-order valence-corrected chi connectivity index (χ0v) is 19.6. The molecule has 36 heavy (non-hydrogen) atoms. The van der Waals surface area contributed by atoms with E-state index in [1.54, 1.807) is 42.3 Å². The molecule has 4 amide bonds. The van der Waals surface area contributed by atoms with E-state index in [1.807, 2.05) is 0 Å². The largest absolute Gasteiger partial charge is 0.497 e. The lowest BCUT2D eigenvalue weighted by atomic mass is 9.83. The number of aromatic nitrogens is 1. The van der Waals surface area contributed by atoms with Gasteiger partial charge in [0.25, 0.3) is 5.91 Å². The Hall–Kier alpha value is -4.22. The van der Waals surface area contributed by atoms with Gasteiger partial charge in [-0.15, -0.1) is 0 Å². The highest BCUT2D eigenvalue weighted by molar-refractivity contribution is 6.05. The number of nitrogens with one attached hydrogen (secondary N) is 1. The number of rotatable bonds is 6. The van der Waals surface area contributed by atoms with Crippen molar-refractivity contribution >= 4 is 23.5 Å². The molecule has 3 atom stereocenters. The van der Waals surface area contributed by atoms with Gasteiger partial charge in [0.05, 0.1) is 25.0 Å². The molecule has 12 heteroatoms. The summed E-state index contributed by atoms with van der Waals surface area (Å²) in [5.74, 6) is -0.204. The lowest BCUT2D eigenvalue weighted by Gasteiger charge is -2.42. The maximum Gasteiger partial charge on any atom is 0.334 e. The number of piperidine rings is 1. The fourth-order valence-electron chi connectivity index (χ4n) is 5.36. The number of amides is 4. The molecule has 2 aromatic rings. The predicted octanol–water partition coefficient (Wildman–Crippen LogP) is 1.22. The normalized spacial score (nSPS) is 22.8. The second kappa shape index (κ2) is 9.10. The van der Waals surface area contributed by atoms with Crippen LogP contribution in [0.4, 0.5) is 10.5 Å². The van der Waals surface area contributed by atoms with Gasteiger partial charge in [0.15, 0.2) is 0 Å². The Morgan fingerprint density at radius 2 is 1.86 bits per heavy atom. The van der Waals surface area contributed by atoms with Crippen LogP contribution in [-0.2, 0) is 22.7 Å². The molecule has 4 heterocycles. The van der Waals surface area contributed by atoms with Crippen molar-refractivity contribution in [3.63, 3.8) is 0 Å². The number of methoxy groups -OCH3 is 1. The average molecular weight is 495 g/mol. The van der Waals surface area contributed by atoms with Crippen LogP contribution in [-0.4, -0.2) is 63.4 Å². The zero-order valence-electron chi connectivity index (χ0n) is 19.6. The van der Waals surface area contributed by atoms with Gasteiger partial charge in [-0.3, -0.25) is 29.4 Å². The molecule has 0 spiro atoms. The second-order valence-corrected chi connectivity index (χ2v) is 9.39. The number of benzene rings is 1. The number of urea groups is 1. The van der Waals surface area contributed by atoms with E-state index >= 15 is 0 Å². The summed E-state index contributed by atoms with van der Waals surface area (Å²) in [6.45, 7) is 1.11. The lowest BCUT2D eigenvalue weighted by Crippen LogP contribution is -2.50. The van der Waals surface area contributed by atoms with Gasteiger partial charge in [-0.05, 0) is 36.1 Å². The van der Waals surface area contributed by atoms with Crippen molar-refractivity contribution < 1.29 is 24.0 Å². The monoisotopic (exact) mass is 495 g/mol. The number of fused-ring (bicyclic) bond motifs is 4. The molecule has 2 bridgehead atoms. The summed E-state index contributed by atoms with van der Waals surface area (Å²) in [6, 6.07) is 8.34. The van der Waals surface area contributed by atoms with Crippen molar-refractivity contribution in [2.45, 2.75) is 37.9 Å². The minimum absolute atomic E-state index is 0.0275. The van der Waals surface area contributed by atoms with Gasteiger partial charge in [0.1, 0.15) is 11.8 Å². The summed E-state index contributed by atoms with van der Waals surface area (Å²) in [7, 11) is 1.55. The van der Waals surface area contributed by atoms with Gasteiger partial charge in [-0.25, -0.2) is 4.79 Å². The van der Waals surface area contributed by atoms with E-state index in [4.69, 9.17) is 4.74 Å². The van der Waals surface area contributed by atoms with Crippen molar-refractivity contribution in [2.24, 2.45) is 5.92 Å². The van der Waals surface area contributed by atoms with Crippen molar-refractivity contribution in [1.82, 2.24) is 19.7 Å². The molecule has 1 aromatic heterocycles. The molecule has 12 nitrogen and oxygen atoms in total. The van der Waals surface area contributed by atoms with E-state index in [-0.39, 0.29) is 30.7 Å². The molecule has 0 radical (unpaired) electrons. The second-order valence-electron chi connectivity index (χ2n) is 9.39. The predicted molar refractivity (Wildman–Crippen MR) is 125 cm³/mol. The summed E-state index contributed by atoms with van der Waals surface area (Å²) in [6.07, 6.45) is 0.617. The number of nitrogens with zero attached hydrogens (tertiary/aromatic N) is 4. The first-order valence-electron chi connectivity index (χ1n) is 11.7. The summed E-state index contributed by atoms with van der Waals surface area (Å²) >= 11 is 0. The molecular formula is C24H25N5O7. The fourth-order valence-corrected chi connectivity index (χ4v) is 5.36. The molecule has 0 aliphatic carbocycles. The van der Waals surface area contributed by atoms with Crippen LogP contribution in [0.2, 0.25) is 0 Å².